The van der Waals surface area contributed by atoms with Crippen molar-refractivity contribution in [1.82, 2.24) is 0 Å². The number of ether oxygens (including phenoxy) is 1. The van der Waals surface area contributed by atoms with Crippen molar-refractivity contribution in [2.24, 2.45) is 11.3 Å². The lowest BCUT2D eigenvalue weighted by molar-refractivity contribution is -0.178. The zero-order valence-electron chi connectivity index (χ0n) is 13.9. The third-order valence-corrected chi connectivity index (χ3v) is 5.34. The molecule has 0 amide bonds. The fourth-order valence-corrected chi connectivity index (χ4v) is 3.78. The van der Waals surface area contributed by atoms with Crippen LogP contribution in [0.25, 0.3) is 0 Å². The number of esters is 1. The maximum absolute atomic E-state index is 12.1. The molecule has 5 nitrogen and oxygen atoms in total. The van der Waals surface area contributed by atoms with Gasteiger partial charge in [-0.15, -0.1) is 0 Å². The first-order valence-corrected chi connectivity index (χ1v) is 8.20. The maximum Gasteiger partial charge on any atom is 0.306 e. The number of carbonyl (C=O) groups excluding carboxylic acids is 1. The lowest BCUT2D eigenvalue weighted by Gasteiger charge is -2.46. The van der Waals surface area contributed by atoms with Gasteiger partial charge in [-0.05, 0) is 38.5 Å². The van der Waals surface area contributed by atoms with Crippen LogP contribution < -0.4 is 0 Å². The first-order valence-electron chi connectivity index (χ1n) is 8.20. The van der Waals surface area contributed by atoms with Gasteiger partial charge >= 0.3 is 11.9 Å². The van der Waals surface area contributed by atoms with Gasteiger partial charge in [0, 0.05) is 0 Å². The van der Waals surface area contributed by atoms with Gasteiger partial charge in [-0.25, -0.2) is 0 Å². The number of rotatable bonds is 8. The second-order valence-electron chi connectivity index (χ2n) is 6.36. The van der Waals surface area contributed by atoms with E-state index < -0.39 is 23.0 Å². The van der Waals surface area contributed by atoms with Crippen molar-refractivity contribution >= 4 is 11.9 Å². The SMILES string of the molecule is CCC(CC)(OC(=O)CCC(=O)O)C(C)(C#N)C1CCCC1. The smallest absolute Gasteiger partial charge is 0.306 e. The van der Waals surface area contributed by atoms with Crippen LogP contribution in [0.4, 0.5) is 0 Å². The van der Waals surface area contributed by atoms with Gasteiger partial charge in [-0.1, -0.05) is 26.7 Å². The largest absolute Gasteiger partial charge is 0.481 e. The van der Waals surface area contributed by atoms with Crippen LogP contribution >= 0.6 is 0 Å². The fraction of sp³-hybridized carbons (Fsp3) is 0.824. The number of carbonyl (C=O) groups is 2. The maximum atomic E-state index is 12.1. The minimum absolute atomic E-state index is 0.150. The highest BCUT2D eigenvalue weighted by Gasteiger charge is 2.54. The Kier molecular flexibility index (Phi) is 6.40. The monoisotopic (exact) mass is 309 g/mol. The molecule has 0 bridgehead atoms. The van der Waals surface area contributed by atoms with E-state index in [1.807, 2.05) is 20.8 Å². The Hall–Kier alpha value is -1.57. The fourth-order valence-electron chi connectivity index (χ4n) is 3.78. The Morgan fingerprint density at radius 2 is 1.77 bits per heavy atom. The second-order valence-corrected chi connectivity index (χ2v) is 6.36. The Morgan fingerprint density at radius 3 is 2.18 bits per heavy atom. The standard InChI is InChI=1S/C17H27NO4/c1-4-17(5-2,22-15(21)11-10-14(19)20)16(3,12-18)13-8-6-7-9-13/h13H,4-11H2,1-3H3,(H,19,20). The van der Waals surface area contributed by atoms with Crippen molar-refractivity contribution in [3.05, 3.63) is 0 Å². The first-order chi connectivity index (χ1) is 10.3. The van der Waals surface area contributed by atoms with Gasteiger partial charge < -0.3 is 9.84 Å². The molecule has 22 heavy (non-hydrogen) atoms. The van der Waals surface area contributed by atoms with Crippen molar-refractivity contribution in [1.29, 1.82) is 5.26 Å². The summed E-state index contributed by atoms with van der Waals surface area (Å²) in [6.07, 6.45) is 4.91. The van der Waals surface area contributed by atoms with Gasteiger partial charge in [0.05, 0.1) is 24.3 Å². The summed E-state index contributed by atoms with van der Waals surface area (Å²) >= 11 is 0. The van der Waals surface area contributed by atoms with Crippen LogP contribution in [0.2, 0.25) is 0 Å². The van der Waals surface area contributed by atoms with Crippen LogP contribution in [0.1, 0.15) is 72.1 Å². The molecule has 1 fully saturated rings. The van der Waals surface area contributed by atoms with Crippen molar-refractivity contribution in [2.45, 2.75) is 77.7 Å². The van der Waals surface area contributed by atoms with Crippen LogP contribution in [0.3, 0.4) is 0 Å². The quantitative estimate of drug-likeness (QED) is 0.691. The molecule has 1 saturated carbocycles. The number of hydrogen-bond donors (Lipinski definition) is 1. The molecular weight excluding hydrogens is 282 g/mol. The second kappa shape index (κ2) is 7.62. The summed E-state index contributed by atoms with van der Waals surface area (Å²) in [5, 5.41) is 18.5. The average molecular weight is 309 g/mol. The third kappa shape index (κ3) is 3.60. The molecule has 5 heteroatoms. The number of carboxylic acids is 1. The molecule has 0 radical (unpaired) electrons. The Balaban J connectivity index is 2.99. The summed E-state index contributed by atoms with van der Waals surface area (Å²) in [4.78, 5) is 22.7. The van der Waals surface area contributed by atoms with Crippen LogP contribution in [0.15, 0.2) is 0 Å². The van der Waals surface area contributed by atoms with E-state index in [2.05, 4.69) is 6.07 Å². The Morgan fingerprint density at radius 1 is 1.23 bits per heavy atom. The normalized spacial score (nSPS) is 18.5. The molecule has 1 unspecified atom stereocenters. The van der Waals surface area contributed by atoms with E-state index in [-0.39, 0.29) is 18.8 Å². The van der Waals surface area contributed by atoms with E-state index in [1.54, 1.807) is 0 Å². The Labute approximate surface area is 132 Å². The molecule has 0 spiro atoms. The number of nitrogens with zero attached hydrogens (tertiary/aromatic N) is 1. The molecule has 124 valence electrons. The van der Waals surface area contributed by atoms with Crippen LogP contribution in [0.5, 0.6) is 0 Å². The van der Waals surface area contributed by atoms with Gasteiger partial charge in [-0.3, -0.25) is 9.59 Å². The molecule has 0 aromatic heterocycles. The van der Waals surface area contributed by atoms with E-state index in [9.17, 15) is 14.9 Å². The highest BCUT2D eigenvalue weighted by molar-refractivity contribution is 5.76. The molecule has 1 rings (SSSR count). The lowest BCUT2D eigenvalue weighted by atomic mass is 9.63. The van der Waals surface area contributed by atoms with E-state index in [0.29, 0.717) is 12.8 Å². The van der Waals surface area contributed by atoms with Crippen LogP contribution in [-0.2, 0) is 14.3 Å². The summed E-state index contributed by atoms with van der Waals surface area (Å²) in [6, 6.07) is 2.44. The molecule has 0 aliphatic heterocycles. The Bertz CT molecular complexity index is 444. The van der Waals surface area contributed by atoms with Gasteiger partial charge in [-0.2, -0.15) is 5.26 Å². The van der Waals surface area contributed by atoms with E-state index in [0.717, 1.165) is 25.7 Å². The van der Waals surface area contributed by atoms with E-state index in [1.165, 1.54) is 0 Å². The number of nitriles is 1. The molecule has 1 aliphatic rings. The predicted molar refractivity (Wildman–Crippen MR) is 82.0 cm³/mol. The highest BCUT2D eigenvalue weighted by Crippen LogP contribution is 2.51. The minimum atomic E-state index is -1.02. The average Bonchev–Trinajstić information content (AvgIpc) is 3.04. The molecular formula is C17H27NO4. The predicted octanol–water partition coefficient (Wildman–Crippen LogP) is 3.67. The summed E-state index contributed by atoms with van der Waals surface area (Å²) in [5.41, 5.74) is -1.57. The summed E-state index contributed by atoms with van der Waals surface area (Å²) < 4.78 is 5.73. The molecule has 0 heterocycles. The minimum Gasteiger partial charge on any atom is -0.481 e. The lowest BCUT2D eigenvalue weighted by Crippen LogP contribution is -2.52. The molecule has 0 aromatic carbocycles. The molecule has 1 aliphatic carbocycles. The summed E-state index contributed by atoms with van der Waals surface area (Å²) in [6.45, 7) is 5.76. The zero-order chi connectivity index (χ0) is 16.8. The van der Waals surface area contributed by atoms with Crippen molar-refractivity contribution in [3.8, 4) is 6.07 Å². The zero-order valence-corrected chi connectivity index (χ0v) is 13.9. The summed E-state index contributed by atoms with van der Waals surface area (Å²) in [5.74, 6) is -1.32. The topological polar surface area (TPSA) is 87.4 Å². The van der Waals surface area contributed by atoms with Gasteiger partial charge in [0.25, 0.3) is 0 Å². The molecule has 0 aromatic rings. The van der Waals surface area contributed by atoms with Gasteiger partial charge in [0.1, 0.15) is 5.60 Å². The van der Waals surface area contributed by atoms with Crippen molar-refractivity contribution in [2.75, 3.05) is 0 Å². The molecule has 1 atom stereocenters. The number of carboxylic acid groups (broad SMARTS) is 1. The number of aliphatic carboxylic acids is 1. The first kappa shape index (κ1) is 18.5. The highest BCUT2D eigenvalue weighted by atomic mass is 16.6. The van der Waals surface area contributed by atoms with Crippen molar-refractivity contribution < 1.29 is 19.4 Å². The van der Waals surface area contributed by atoms with E-state index >= 15 is 0 Å². The third-order valence-electron chi connectivity index (χ3n) is 5.34. The molecule has 1 N–H and O–H groups in total. The van der Waals surface area contributed by atoms with Crippen molar-refractivity contribution in [3.63, 3.8) is 0 Å². The van der Waals surface area contributed by atoms with Gasteiger partial charge in [0.15, 0.2) is 0 Å². The number of hydrogen-bond acceptors (Lipinski definition) is 4. The van der Waals surface area contributed by atoms with E-state index in [4.69, 9.17) is 9.84 Å². The van der Waals surface area contributed by atoms with Crippen LogP contribution in [-0.4, -0.2) is 22.6 Å². The van der Waals surface area contributed by atoms with Crippen LogP contribution in [0, 0.1) is 22.7 Å². The van der Waals surface area contributed by atoms with Gasteiger partial charge in [0.2, 0.25) is 0 Å². The summed E-state index contributed by atoms with van der Waals surface area (Å²) in [7, 11) is 0. The molecule has 0 saturated heterocycles.